The van der Waals surface area contributed by atoms with E-state index in [-0.39, 0.29) is 0 Å². The summed E-state index contributed by atoms with van der Waals surface area (Å²) in [5.41, 5.74) is 0. The number of carbonyl (C=O) groups excluding carboxylic acids is 3. The molecule has 0 saturated carbocycles. The molecule has 107 heavy (non-hydrogen) atoms. The number of aliphatic hydroxyl groups is 24. The van der Waals surface area contributed by atoms with Crippen molar-refractivity contribution in [1.82, 2.24) is 16.0 Å². The maximum atomic E-state index is 13.1. The van der Waals surface area contributed by atoms with Gasteiger partial charge < -0.3 is 219 Å². The first-order valence-corrected chi connectivity index (χ1v) is 34.3. The van der Waals surface area contributed by atoms with Crippen molar-refractivity contribution in [3.63, 3.8) is 0 Å². The molecule has 0 radical (unpaired) electrons. The van der Waals surface area contributed by atoms with Gasteiger partial charge in [0.15, 0.2) is 56.6 Å². The Morgan fingerprint density at radius 3 is 1.06 bits per heavy atom. The molecule has 9 rings (SSSR count). The molecule has 0 aromatic heterocycles. The molecule has 47 nitrogen and oxygen atoms in total. The van der Waals surface area contributed by atoms with Crippen LogP contribution in [0, 0.1) is 0 Å². The number of ether oxygens (including phenoxy) is 17. The topological polar surface area (TPSA) is 730 Å². The van der Waals surface area contributed by atoms with Gasteiger partial charge in [0.1, 0.15) is 207 Å². The highest BCUT2D eigenvalue weighted by Crippen LogP contribution is 2.40. The number of hydrogen-bond acceptors (Lipinski definition) is 44. The lowest BCUT2D eigenvalue weighted by molar-refractivity contribution is -0.391. The monoisotopic (exact) mass is 1570 g/mol. The third-order valence-corrected chi connectivity index (χ3v) is 19.9. The van der Waals surface area contributed by atoms with Gasteiger partial charge in [-0.25, -0.2) is 0 Å². The Labute approximate surface area is 606 Å². The van der Waals surface area contributed by atoms with Crippen LogP contribution in [0.3, 0.4) is 0 Å². The van der Waals surface area contributed by atoms with Gasteiger partial charge in [0.25, 0.3) is 0 Å². The quantitative estimate of drug-likeness (QED) is 0.0382. The molecule has 27 N–H and O–H groups in total. The highest BCUT2D eigenvalue weighted by molar-refractivity contribution is 5.74. The first kappa shape index (κ1) is 87.7. The molecule has 9 aliphatic rings. The fraction of sp³-hybridized carbons (Fsp3) is 0.950. The minimum atomic E-state index is -2.44. The summed E-state index contributed by atoms with van der Waals surface area (Å²) in [5.74, 6) is -2.72. The van der Waals surface area contributed by atoms with Gasteiger partial charge in [-0.2, -0.15) is 0 Å². The molecule has 9 saturated heterocycles. The number of nitrogens with one attached hydrogen (secondary N) is 3. The van der Waals surface area contributed by atoms with Crippen LogP contribution in [0.2, 0.25) is 0 Å². The SMILES string of the molecule is CC(=O)N[C@@H]1[C@@H](O[C@@H]2O[C@@H](C)[C@@H](O)[C@@H](O)[C@@H]2O)[C@H](O[C@@H]2O[C@H](CO)[C@@H](O[C@@H]3O[C@H](CO[C@H]4O[C@H](CO)[C@@H](O)[C@H](O)[C@@H]4O[C@@H]4O[C@H](CO[C@@H]5O[C@@H](C)[C@@H](O)[C@@H](O)[C@@H]5O)[C@@H](O[C@@H]5O[C@H](CO)[C@H](O)[C@H](O)[C@H]5O)[C@H](O)[C@H]4NC(C)=O)[C@@H](O)[C@H](O[C@H]4O[C@H](CO)[C@@H](O)[C@H](O)[C@@H]4O)[C@@H]3O)[C@H](O)[C@H]2NC(C)=O)[C@@H](CO)O[C@H]1O. The molecule has 0 spiro atoms. The maximum Gasteiger partial charge on any atom is 0.217 e. The van der Waals surface area contributed by atoms with Crippen LogP contribution in [0.4, 0.5) is 0 Å². The van der Waals surface area contributed by atoms with Crippen LogP contribution < -0.4 is 16.0 Å². The molecular formula is C60H101N3O44. The van der Waals surface area contributed by atoms with Gasteiger partial charge in [0.2, 0.25) is 17.7 Å². The van der Waals surface area contributed by atoms with Crippen LogP contribution in [0.25, 0.3) is 0 Å². The van der Waals surface area contributed by atoms with Crippen molar-refractivity contribution in [1.29, 1.82) is 0 Å². The third-order valence-electron chi connectivity index (χ3n) is 19.9. The smallest absolute Gasteiger partial charge is 0.217 e. The molecule has 9 heterocycles. The summed E-state index contributed by atoms with van der Waals surface area (Å²) in [6.45, 7) is -1.91. The molecule has 47 heteroatoms. The van der Waals surface area contributed by atoms with Gasteiger partial charge in [-0.15, -0.1) is 0 Å². The van der Waals surface area contributed by atoms with Gasteiger partial charge in [-0.1, -0.05) is 0 Å². The lowest BCUT2D eigenvalue weighted by Gasteiger charge is -2.51. The van der Waals surface area contributed by atoms with Crippen LogP contribution in [-0.4, -0.2) is 463 Å². The first-order chi connectivity index (χ1) is 50.5. The summed E-state index contributed by atoms with van der Waals surface area (Å²) in [4.78, 5) is 38.8. The lowest BCUT2D eigenvalue weighted by Crippen LogP contribution is -2.71. The number of aliphatic hydroxyl groups excluding tert-OH is 24. The Morgan fingerprint density at radius 2 is 0.579 bits per heavy atom. The fourth-order valence-electron chi connectivity index (χ4n) is 13.8. The Morgan fingerprint density at radius 1 is 0.262 bits per heavy atom. The molecule has 0 bridgehead atoms. The summed E-state index contributed by atoms with van der Waals surface area (Å²) >= 11 is 0. The Hall–Kier alpha value is -3.23. The number of amides is 3. The largest absolute Gasteiger partial charge is 0.394 e. The zero-order valence-corrected chi connectivity index (χ0v) is 57.8. The van der Waals surface area contributed by atoms with E-state index in [0.717, 1.165) is 20.8 Å². The second-order valence-corrected chi connectivity index (χ2v) is 27.4. The fourth-order valence-corrected chi connectivity index (χ4v) is 13.8. The van der Waals surface area contributed by atoms with Crippen LogP contribution in [0.15, 0.2) is 0 Å². The van der Waals surface area contributed by atoms with Gasteiger partial charge >= 0.3 is 0 Å². The van der Waals surface area contributed by atoms with Crippen molar-refractivity contribution in [2.24, 2.45) is 0 Å². The van der Waals surface area contributed by atoms with E-state index in [4.69, 9.17) is 80.5 Å². The molecule has 45 atom stereocenters. The van der Waals surface area contributed by atoms with Crippen LogP contribution in [0.5, 0.6) is 0 Å². The van der Waals surface area contributed by atoms with E-state index in [9.17, 15) is 137 Å². The predicted molar refractivity (Wildman–Crippen MR) is 329 cm³/mol. The molecule has 0 aliphatic carbocycles. The second-order valence-electron chi connectivity index (χ2n) is 27.4. The summed E-state index contributed by atoms with van der Waals surface area (Å²) in [6.07, 6.45) is -83.6. The number of hydrogen-bond donors (Lipinski definition) is 27. The van der Waals surface area contributed by atoms with Gasteiger partial charge in [-0.05, 0) is 13.8 Å². The van der Waals surface area contributed by atoms with Crippen LogP contribution >= 0.6 is 0 Å². The lowest BCUT2D eigenvalue weighted by atomic mass is 9.93. The minimum Gasteiger partial charge on any atom is -0.394 e. The second kappa shape index (κ2) is 37.8. The maximum absolute atomic E-state index is 13.1. The van der Waals surface area contributed by atoms with Crippen molar-refractivity contribution in [2.45, 2.75) is 311 Å². The highest BCUT2D eigenvalue weighted by atomic mass is 16.8. The summed E-state index contributed by atoms with van der Waals surface area (Å²) in [7, 11) is 0. The molecule has 0 aromatic rings. The Balaban J connectivity index is 1.02. The van der Waals surface area contributed by atoms with Gasteiger partial charge in [0, 0.05) is 20.8 Å². The molecule has 9 fully saturated rings. The van der Waals surface area contributed by atoms with Crippen molar-refractivity contribution in [3.05, 3.63) is 0 Å². The average Bonchev–Trinajstić information content (AvgIpc) is 0.767. The number of rotatable bonds is 26. The molecule has 3 amide bonds. The van der Waals surface area contributed by atoms with Gasteiger partial charge in [0.05, 0.1) is 58.5 Å². The zero-order chi connectivity index (χ0) is 78.8. The molecule has 0 aromatic carbocycles. The predicted octanol–water partition coefficient (Wildman–Crippen LogP) is -18.1. The summed E-state index contributed by atoms with van der Waals surface area (Å²) in [5, 5.41) is 272. The van der Waals surface area contributed by atoms with Crippen LogP contribution in [0.1, 0.15) is 34.6 Å². The molecule has 9 aliphatic heterocycles. The van der Waals surface area contributed by atoms with Crippen molar-refractivity contribution in [3.8, 4) is 0 Å². The highest BCUT2D eigenvalue weighted by Gasteiger charge is 2.60. The first-order valence-electron chi connectivity index (χ1n) is 34.3. The van der Waals surface area contributed by atoms with Crippen molar-refractivity contribution < 1.29 is 217 Å². The molecule has 0 unspecified atom stereocenters. The van der Waals surface area contributed by atoms with Crippen LogP contribution in [-0.2, 0) is 94.9 Å². The van der Waals surface area contributed by atoms with E-state index in [1.54, 1.807) is 0 Å². The number of carbonyl (C=O) groups is 3. The van der Waals surface area contributed by atoms with E-state index < -0.39 is 340 Å². The molecule has 620 valence electrons. The van der Waals surface area contributed by atoms with Crippen molar-refractivity contribution >= 4 is 17.7 Å². The normalized spacial score (nSPS) is 50.7. The zero-order valence-electron chi connectivity index (χ0n) is 57.8. The van der Waals surface area contributed by atoms with E-state index in [2.05, 4.69) is 16.0 Å². The summed E-state index contributed by atoms with van der Waals surface area (Å²) < 4.78 is 101. The van der Waals surface area contributed by atoms with Gasteiger partial charge in [-0.3, -0.25) is 14.4 Å². The minimum absolute atomic E-state index is 0.827. The third kappa shape index (κ3) is 19.3. The van der Waals surface area contributed by atoms with E-state index >= 15 is 0 Å². The van der Waals surface area contributed by atoms with E-state index in [1.807, 2.05) is 0 Å². The summed E-state index contributed by atoms with van der Waals surface area (Å²) in [6, 6.07) is -5.60. The standard InChI is InChI=1S/C60H101N3O44/c1-13-28(72)36(80)41(85)55(93-13)91-12-24-47(103-57-43(87)38(82)30(74)18(6-64)96-57)35(79)26(62-16(4)70)54(101-24)107-51-40(84)32(76)20(8-66)98-60(51)92-11-23-33(77)50(106-58-44(88)39(83)31(75)19(7-65)97-58)45(89)59(100-23)102-46-21(9-67)99-53(25(34(46)78)61-15(3)69)104-48-22(10-68)95-52(90)27(63-17(5)71)49(48)105-56-42(86)37(81)29(73)14(2)94-56/h13-14,18-60,64-68,72-90H,6-12H2,1-5H3,(H,61,69)(H,62,70)(H,63,71)/t13-,14-,18+,19+,20+,21+,22+,23+,24+,25+,26+,27+,28+,29+,30-,31+,32+,33+,34+,35+,36+,37+,38-,39-,40-,41-,42-,43+,44-,45-,46+,47+,48+,49+,50-,51-,52+,53-,54-,55+,56-,57-,58+,59-,60-/m0/s1. The van der Waals surface area contributed by atoms with Crippen molar-refractivity contribution in [2.75, 3.05) is 46.2 Å². The van der Waals surface area contributed by atoms with E-state index in [0.29, 0.717) is 0 Å². The Kier molecular flexibility index (Phi) is 31.0. The molecular weight excluding hydrogens is 1470 g/mol. The Bertz CT molecular complexity index is 2800. The average molecular weight is 1570 g/mol. The van der Waals surface area contributed by atoms with E-state index in [1.165, 1.54) is 13.8 Å².